The molecular weight excluding hydrogens is 394 g/mol. The largest absolute Gasteiger partial charge is 0.338 e. The molecule has 2 heterocycles. The first-order chi connectivity index (χ1) is 13.4. The minimum atomic E-state index is -0.244. The summed E-state index contributed by atoms with van der Waals surface area (Å²) in [6, 6.07) is 12.1. The molecule has 0 saturated carbocycles. The highest BCUT2D eigenvalue weighted by Crippen LogP contribution is 2.20. The second-order valence-corrected chi connectivity index (χ2v) is 8.13. The fourth-order valence-electron chi connectivity index (χ4n) is 3.76. The molecule has 1 N–H and O–H groups in total. The van der Waals surface area contributed by atoms with Gasteiger partial charge in [0.25, 0.3) is 11.5 Å². The maximum atomic E-state index is 13.0. The van der Waals surface area contributed by atoms with Crippen molar-refractivity contribution >= 4 is 40.6 Å². The van der Waals surface area contributed by atoms with Crippen LogP contribution in [0.5, 0.6) is 0 Å². The number of nitrogens with one attached hydrogen (secondary N) is 1. The average molecular weight is 414 g/mol. The molecule has 1 aliphatic rings. The van der Waals surface area contributed by atoms with Crippen LogP contribution in [0.3, 0.4) is 0 Å². The van der Waals surface area contributed by atoms with Crippen LogP contribution in [0, 0.1) is 10.7 Å². The van der Waals surface area contributed by atoms with Gasteiger partial charge in [-0.15, -0.1) is 0 Å². The number of carbonyl (C=O) groups is 1. The normalized spacial score (nSPS) is 17.1. The summed E-state index contributed by atoms with van der Waals surface area (Å²) in [5.74, 6) is 0.494. The Morgan fingerprint density at radius 3 is 2.86 bits per heavy atom. The molecule has 1 aromatic heterocycles. The number of aromatic nitrogens is 2. The minimum absolute atomic E-state index is 0.0103. The van der Waals surface area contributed by atoms with Gasteiger partial charge in [0.15, 0.2) is 4.77 Å². The molecule has 0 aliphatic carbocycles. The summed E-state index contributed by atoms with van der Waals surface area (Å²) in [7, 11) is 0. The molecule has 1 fully saturated rings. The monoisotopic (exact) mass is 413 g/mol. The summed E-state index contributed by atoms with van der Waals surface area (Å²) in [6.07, 6.45) is 2.17. The smallest absolute Gasteiger partial charge is 0.266 e. The summed E-state index contributed by atoms with van der Waals surface area (Å²) < 4.78 is 1.68. The first kappa shape index (κ1) is 18.9. The van der Waals surface area contributed by atoms with Crippen LogP contribution in [0.1, 0.15) is 30.1 Å². The number of amides is 1. The lowest BCUT2D eigenvalue weighted by Gasteiger charge is -2.31. The van der Waals surface area contributed by atoms with E-state index in [4.69, 9.17) is 23.8 Å². The third-order valence-corrected chi connectivity index (χ3v) is 5.68. The molecule has 144 valence electrons. The van der Waals surface area contributed by atoms with Crippen molar-refractivity contribution in [3.8, 4) is 5.69 Å². The van der Waals surface area contributed by atoms with Gasteiger partial charge >= 0.3 is 0 Å². The van der Waals surface area contributed by atoms with Crippen molar-refractivity contribution in [1.82, 2.24) is 14.5 Å². The molecule has 2 aromatic carbocycles. The third kappa shape index (κ3) is 3.50. The third-order valence-electron chi connectivity index (χ3n) is 5.16. The Bertz CT molecular complexity index is 1180. The number of carbonyl (C=O) groups excluding carboxylic acids is 1. The summed E-state index contributed by atoms with van der Waals surface area (Å²) in [5.41, 5.74) is 1.48. The number of rotatable bonds is 2. The minimum Gasteiger partial charge on any atom is -0.338 e. The molecule has 1 unspecified atom stereocenters. The number of piperidine rings is 1. The fraction of sp³-hybridized carbons (Fsp3) is 0.286. The summed E-state index contributed by atoms with van der Waals surface area (Å²) in [6.45, 7) is 3.69. The van der Waals surface area contributed by atoms with Crippen LogP contribution in [0.25, 0.3) is 16.6 Å². The second-order valence-electron chi connectivity index (χ2n) is 7.31. The molecule has 28 heavy (non-hydrogen) atoms. The molecule has 0 bridgehead atoms. The van der Waals surface area contributed by atoms with Crippen LogP contribution < -0.4 is 5.56 Å². The van der Waals surface area contributed by atoms with Crippen LogP contribution in [-0.4, -0.2) is 33.4 Å². The molecular formula is C21H20ClN3O2S. The van der Waals surface area contributed by atoms with E-state index >= 15 is 0 Å². The van der Waals surface area contributed by atoms with Crippen molar-refractivity contribution in [1.29, 1.82) is 0 Å². The zero-order valence-corrected chi connectivity index (χ0v) is 17.0. The van der Waals surface area contributed by atoms with Gasteiger partial charge in [-0.05, 0) is 67.4 Å². The van der Waals surface area contributed by atoms with Gasteiger partial charge in [0.05, 0.1) is 16.6 Å². The Hall–Kier alpha value is -2.44. The van der Waals surface area contributed by atoms with Gasteiger partial charge in [0, 0.05) is 23.7 Å². The van der Waals surface area contributed by atoms with Crippen molar-refractivity contribution < 1.29 is 4.79 Å². The van der Waals surface area contributed by atoms with Gasteiger partial charge in [0.1, 0.15) is 0 Å². The Labute approximate surface area is 172 Å². The quantitative estimate of drug-likeness (QED) is 0.626. The number of likely N-dealkylation sites (tertiary alicyclic amines) is 1. The lowest BCUT2D eigenvalue weighted by molar-refractivity contribution is 0.0683. The SMILES string of the molecule is CC1CCCN(C(=O)c2cccc(-n3c(=S)[nH]c4cc(Cl)ccc4c3=O)c2)C1. The van der Waals surface area contributed by atoms with Crippen molar-refractivity contribution in [2.24, 2.45) is 5.92 Å². The molecule has 4 rings (SSSR count). The van der Waals surface area contributed by atoms with E-state index in [0.717, 1.165) is 25.9 Å². The van der Waals surface area contributed by atoms with Crippen LogP contribution in [0.15, 0.2) is 47.3 Å². The number of hydrogen-bond acceptors (Lipinski definition) is 3. The molecule has 0 spiro atoms. The topological polar surface area (TPSA) is 58.1 Å². The predicted molar refractivity (Wildman–Crippen MR) is 114 cm³/mol. The first-order valence-corrected chi connectivity index (χ1v) is 10.1. The van der Waals surface area contributed by atoms with Crippen molar-refractivity contribution in [3.63, 3.8) is 0 Å². The van der Waals surface area contributed by atoms with Gasteiger partial charge in [0.2, 0.25) is 0 Å². The first-order valence-electron chi connectivity index (χ1n) is 9.28. The zero-order valence-electron chi connectivity index (χ0n) is 15.4. The van der Waals surface area contributed by atoms with Gasteiger partial charge in [-0.3, -0.25) is 14.2 Å². The lowest BCUT2D eigenvalue weighted by atomic mass is 9.99. The summed E-state index contributed by atoms with van der Waals surface area (Å²) >= 11 is 11.4. The van der Waals surface area contributed by atoms with E-state index in [0.29, 0.717) is 33.1 Å². The molecule has 5 nitrogen and oxygen atoms in total. The van der Waals surface area contributed by atoms with Crippen LogP contribution >= 0.6 is 23.8 Å². The van der Waals surface area contributed by atoms with E-state index in [9.17, 15) is 9.59 Å². The number of nitrogens with zero attached hydrogens (tertiary/aromatic N) is 2. The Kier molecular flexibility index (Phi) is 5.08. The number of aromatic amines is 1. The highest BCUT2D eigenvalue weighted by Gasteiger charge is 2.22. The Balaban J connectivity index is 1.78. The molecule has 1 aliphatic heterocycles. The molecule has 0 radical (unpaired) electrons. The Morgan fingerprint density at radius 2 is 2.07 bits per heavy atom. The van der Waals surface area contributed by atoms with E-state index in [1.54, 1.807) is 42.5 Å². The van der Waals surface area contributed by atoms with Crippen LogP contribution in [0.2, 0.25) is 5.02 Å². The van der Waals surface area contributed by atoms with Gasteiger partial charge in [-0.1, -0.05) is 24.6 Å². The van der Waals surface area contributed by atoms with Crippen LogP contribution in [0.4, 0.5) is 0 Å². The number of hydrogen-bond donors (Lipinski definition) is 1. The second kappa shape index (κ2) is 7.53. The van der Waals surface area contributed by atoms with Crippen LogP contribution in [-0.2, 0) is 0 Å². The molecule has 1 atom stereocenters. The highest BCUT2D eigenvalue weighted by atomic mass is 35.5. The van der Waals surface area contributed by atoms with Gasteiger partial charge in [-0.25, -0.2) is 0 Å². The summed E-state index contributed by atoms with van der Waals surface area (Å²) in [4.78, 5) is 30.9. The van der Waals surface area contributed by atoms with E-state index in [1.165, 1.54) is 4.57 Å². The molecule has 1 amide bonds. The summed E-state index contributed by atoms with van der Waals surface area (Å²) in [5, 5.41) is 1.01. The average Bonchev–Trinajstić information content (AvgIpc) is 2.67. The Morgan fingerprint density at radius 1 is 1.25 bits per heavy atom. The highest BCUT2D eigenvalue weighted by molar-refractivity contribution is 7.71. The maximum Gasteiger partial charge on any atom is 0.266 e. The van der Waals surface area contributed by atoms with Gasteiger partial charge in [-0.2, -0.15) is 0 Å². The van der Waals surface area contributed by atoms with E-state index in [1.807, 2.05) is 4.90 Å². The standard InChI is InChI=1S/C21H20ClN3O2S/c1-13-4-3-9-24(12-13)19(26)14-5-2-6-16(10-14)25-20(27)17-8-7-15(22)11-18(17)23-21(25)28/h2,5-8,10-11,13H,3-4,9,12H2,1H3,(H,23,28). The zero-order chi connectivity index (χ0) is 19.8. The van der Waals surface area contributed by atoms with E-state index < -0.39 is 0 Å². The van der Waals surface area contributed by atoms with E-state index in [2.05, 4.69) is 11.9 Å². The van der Waals surface area contributed by atoms with Crippen molar-refractivity contribution in [3.05, 3.63) is 68.2 Å². The van der Waals surface area contributed by atoms with Crippen molar-refractivity contribution in [2.45, 2.75) is 19.8 Å². The number of H-pyrrole nitrogens is 1. The molecule has 3 aromatic rings. The van der Waals surface area contributed by atoms with Gasteiger partial charge < -0.3 is 9.88 Å². The van der Waals surface area contributed by atoms with E-state index in [-0.39, 0.29) is 16.2 Å². The molecule has 7 heteroatoms. The molecule has 1 saturated heterocycles. The fourth-order valence-corrected chi connectivity index (χ4v) is 4.23. The van der Waals surface area contributed by atoms with Crippen molar-refractivity contribution in [2.75, 3.05) is 13.1 Å². The lowest BCUT2D eigenvalue weighted by Crippen LogP contribution is -2.39. The predicted octanol–water partition coefficient (Wildman–Crippen LogP) is 4.57. The number of fused-ring (bicyclic) bond motifs is 1. The maximum absolute atomic E-state index is 13.0. The number of halogens is 1. The number of benzene rings is 2.